The zero-order chi connectivity index (χ0) is 22.0. The molecule has 0 spiro atoms. The number of anilines is 2. The van der Waals surface area contributed by atoms with Crippen molar-refractivity contribution < 1.29 is 9.59 Å². The Bertz CT molecular complexity index is 1190. The zero-order valence-corrected chi connectivity index (χ0v) is 17.5. The van der Waals surface area contributed by atoms with Crippen molar-refractivity contribution >= 4 is 23.2 Å². The lowest BCUT2D eigenvalue weighted by Gasteiger charge is -2.23. The van der Waals surface area contributed by atoms with Gasteiger partial charge in [-0.2, -0.15) is 5.10 Å². The third-order valence-corrected chi connectivity index (χ3v) is 5.48. The van der Waals surface area contributed by atoms with Gasteiger partial charge in [-0.25, -0.2) is 4.68 Å². The molecule has 1 aromatic heterocycles. The quantitative estimate of drug-likeness (QED) is 0.691. The standard InChI is InChI=1S/C24H24N4O3/c1-3-22(29)25-20-15-19(17-9-5-4-6-10-17)26-28(24(20)31)16(2)23(30)27-14-13-18-11-7-8-12-21(18)27/h4-12,15-16H,3,13-14H2,1-2H3,(H,25,29). The number of para-hydroxylation sites is 1. The van der Waals surface area contributed by atoms with Crippen molar-refractivity contribution in [2.24, 2.45) is 0 Å². The van der Waals surface area contributed by atoms with Gasteiger partial charge in [0.2, 0.25) is 5.91 Å². The molecule has 1 aliphatic heterocycles. The van der Waals surface area contributed by atoms with Gasteiger partial charge in [-0.15, -0.1) is 0 Å². The van der Waals surface area contributed by atoms with Crippen molar-refractivity contribution in [3.8, 4) is 11.3 Å². The average Bonchev–Trinajstić information content (AvgIpc) is 3.24. The van der Waals surface area contributed by atoms with Crippen molar-refractivity contribution in [3.63, 3.8) is 0 Å². The number of amides is 2. The fourth-order valence-electron chi connectivity index (χ4n) is 3.75. The number of carbonyl (C=O) groups is 2. The van der Waals surface area contributed by atoms with E-state index in [-0.39, 0.29) is 23.9 Å². The first-order chi connectivity index (χ1) is 15.0. The summed E-state index contributed by atoms with van der Waals surface area (Å²) in [6.45, 7) is 3.94. The Morgan fingerprint density at radius 2 is 1.81 bits per heavy atom. The Morgan fingerprint density at radius 1 is 1.10 bits per heavy atom. The Balaban J connectivity index is 1.76. The number of benzene rings is 2. The van der Waals surface area contributed by atoms with Gasteiger partial charge in [0.1, 0.15) is 11.7 Å². The minimum Gasteiger partial charge on any atom is -0.321 e. The molecule has 2 amide bonds. The van der Waals surface area contributed by atoms with Crippen LogP contribution < -0.4 is 15.8 Å². The Labute approximate surface area is 180 Å². The molecule has 0 saturated carbocycles. The molecule has 1 aliphatic rings. The number of hydrogen-bond acceptors (Lipinski definition) is 4. The van der Waals surface area contributed by atoms with E-state index in [0.29, 0.717) is 12.2 Å². The fourth-order valence-corrected chi connectivity index (χ4v) is 3.75. The maximum atomic E-state index is 13.3. The molecule has 2 heterocycles. The molecule has 31 heavy (non-hydrogen) atoms. The van der Waals surface area contributed by atoms with Crippen LogP contribution in [0.1, 0.15) is 31.9 Å². The molecule has 1 atom stereocenters. The fraction of sp³-hybridized carbons (Fsp3) is 0.250. The number of carbonyl (C=O) groups excluding carboxylic acids is 2. The maximum Gasteiger partial charge on any atom is 0.291 e. The average molecular weight is 416 g/mol. The molecule has 1 unspecified atom stereocenters. The van der Waals surface area contributed by atoms with Gasteiger partial charge < -0.3 is 10.2 Å². The molecule has 1 N–H and O–H groups in total. The van der Waals surface area contributed by atoms with Gasteiger partial charge in [0, 0.05) is 24.2 Å². The zero-order valence-electron chi connectivity index (χ0n) is 17.5. The Hall–Kier alpha value is -3.74. The SMILES string of the molecule is CCC(=O)Nc1cc(-c2ccccc2)nn(C(C)C(=O)N2CCc3ccccc32)c1=O. The van der Waals surface area contributed by atoms with Crippen molar-refractivity contribution in [2.45, 2.75) is 32.7 Å². The van der Waals surface area contributed by atoms with Gasteiger partial charge in [-0.3, -0.25) is 14.4 Å². The molecular formula is C24H24N4O3. The van der Waals surface area contributed by atoms with E-state index in [2.05, 4.69) is 10.4 Å². The van der Waals surface area contributed by atoms with Gasteiger partial charge in [-0.05, 0) is 31.0 Å². The van der Waals surface area contributed by atoms with Crippen LogP contribution in [0.4, 0.5) is 11.4 Å². The summed E-state index contributed by atoms with van der Waals surface area (Å²) in [6.07, 6.45) is 1.01. The Morgan fingerprint density at radius 3 is 2.55 bits per heavy atom. The van der Waals surface area contributed by atoms with Crippen LogP contribution >= 0.6 is 0 Å². The molecule has 0 saturated heterocycles. The van der Waals surface area contributed by atoms with Crippen LogP contribution in [0.5, 0.6) is 0 Å². The van der Waals surface area contributed by atoms with Crippen LogP contribution in [0, 0.1) is 0 Å². The number of nitrogens with one attached hydrogen (secondary N) is 1. The van der Waals surface area contributed by atoms with Crippen LogP contribution in [0.15, 0.2) is 65.5 Å². The van der Waals surface area contributed by atoms with Crippen LogP contribution in [-0.2, 0) is 16.0 Å². The number of nitrogens with zero attached hydrogens (tertiary/aromatic N) is 3. The van der Waals surface area contributed by atoms with E-state index in [9.17, 15) is 14.4 Å². The first-order valence-corrected chi connectivity index (χ1v) is 10.4. The molecule has 158 valence electrons. The first-order valence-electron chi connectivity index (χ1n) is 10.4. The van der Waals surface area contributed by atoms with Crippen LogP contribution in [-0.4, -0.2) is 28.1 Å². The van der Waals surface area contributed by atoms with E-state index in [1.807, 2.05) is 54.6 Å². The normalized spacial score (nSPS) is 13.5. The minimum absolute atomic E-state index is 0.113. The van der Waals surface area contributed by atoms with E-state index < -0.39 is 11.6 Å². The second-order valence-corrected chi connectivity index (χ2v) is 7.51. The van der Waals surface area contributed by atoms with E-state index in [0.717, 1.165) is 23.2 Å². The molecule has 0 bridgehead atoms. The lowest BCUT2D eigenvalue weighted by molar-refractivity contribution is -0.121. The third-order valence-electron chi connectivity index (χ3n) is 5.48. The van der Waals surface area contributed by atoms with Crippen LogP contribution in [0.3, 0.4) is 0 Å². The minimum atomic E-state index is -0.834. The van der Waals surface area contributed by atoms with E-state index in [4.69, 9.17) is 0 Å². The highest BCUT2D eigenvalue weighted by Crippen LogP contribution is 2.29. The molecule has 2 aromatic carbocycles. The lowest BCUT2D eigenvalue weighted by atomic mass is 10.1. The number of hydrogen-bond donors (Lipinski definition) is 1. The second-order valence-electron chi connectivity index (χ2n) is 7.51. The van der Waals surface area contributed by atoms with E-state index in [1.54, 1.807) is 24.8 Å². The Kier molecular flexibility index (Phi) is 5.66. The molecule has 7 nitrogen and oxygen atoms in total. The van der Waals surface area contributed by atoms with Gasteiger partial charge >= 0.3 is 0 Å². The summed E-state index contributed by atoms with van der Waals surface area (Å²) >= 11 is 0. The summed E-state index contributed by atoms with van der Waals surface area (Å²) in [6, 6.07) is 17.8. The van der Waals surface area contributed by atoms with Crippen molar-refractivity contribution in [1.29, 1.82) is 0 Å². The number of aromatic nitrogens is 2. The summed E-state index contributed by atoms with van der Waals surface area (Å²) in [7, 11) is 0. The molecule has 7 heteroatoms. The topological polar surface area (TPSA) is 84.3 Å². The highest BCUT2D eigenvalue weighted by Gasteiger charge is 2.30. The molecular weight excluding hydrogens is 392 g/mol. The van der Waals surface area contributed by atoms with E-state index in [1.165, 1.54) is 4.68 Å². The van der Waals surface area contributed by atoms with Gasteiger partial charge in [0.05, 0.1) is 5.69 Å². The van der Waals surface area contributed by atoms with Crippen LogP contribution in [0.25, 0.3) is 11.3 Å². The lowest BCUT2D eigenvalue weighted by Crippen LogP contribution is -2.40. The van der Waals surface area contributed by atoms with Gasteiger partial charge in [0.25, 0.3) is 11.5 Å². The van der Waals surface area contributed by atoms with Crippen molar-refractivity contribution in [2.75, 3.05) is 16.8 Å². The molecule has 0 radical (unpaired) electrons. The van der Waals surface area contributed by atoms with Gasteiger partial charge in [0.15, 0.2) is 0 Å². The summed E-state index contributed by atoms with van der Waals surface area (Å²) in [5, 5.41) is 7.14. The molecule has 0 aliphatic carbocycles. The van der Waals surface area contributed by atoms with Crippen molar-refractivity contribution in [1.82, 2.24) is 9.78 Å². The molecule has 0 fully saturated rings. The summed E-state index contributed by atoms with van der Waals surface area (Å²) in [4.78, 5) is 40.2. The van der Waals surface area contributed by atoms with Crippen molar-refractivity contribution in [3.05, 3.63) is 76.6 Å². The smallest absolute Gasteiger partial charge is 0.291 e. The second kappa shape index (κ2) is 8.55. The van der Waals surface area contributed by atoms with Crippen LogP contribution in [0.2, 0.25) is 0 Å². The third kappa shape index (κ3) is 3.99. The van der Waals surface area contributed by atoms with E-state index >= 15 is 0 Å². The largest absolute Gasteiger partial charge is 0.321 e. The number of rotatable bonds is 5. The maximum absolute atomic E-state index is 13.3. The summed E-state index contributed by atoms with van der Waals surface area (Å²) in [5.74, 6) is -0.487. The van der Waals surface area contributed by atoms with Gasteiger partial charge in [-0.1, -0.05) is 55.5 Å². The highest BCUT2D eigenvalue weighted by molar-refractivity contribution is 5.98. The number of fused-ring (bicyclic) bond motifs is 1. The highest BCUT2D eigenvalue weighted by atomic mass is 16.2. The molecule has 3 aromatic rings. The first kappa shape index (κ1) is 20.5. The summed E-state index contributed by atoms with van der Waals surface area (Å²) < 4.78 is 1.18. The summed E-state index contributed by atoms with van der Waals surface area (Å²) in [5.41, 5.74) is 2.88. The predicted molar refractivity (Wildman–Crippen MR) is 120 cm³/mol. The monoisotopic (exact) mass is 416 g/mol. The molecule has 4 rings (SSSR count). The predicted octanol–water partition coefficient (Wildman–Crippen LogP) is 3.41.